The van der Waals surface area contributed by atoms with Gasteiger partial charge in [-0.3, -0.25) is 9.10 Å². The number of benzene rings is 3. The van der Waals surface area contributed by atoms with Gasteiger partial charge in [0, 0.05) is 6.54 Å². The number of nitrogens with zero attached hydrogens (tertiary/aromatic N) is 1. The van der Waals surface area contributed by atoms with Crippen LogP contribution in [0, 0.1) is 0 Å². The molecule has 0 saturated heterocycles. The molecule has 3 aromatic carbocycles. The number of anilines is 1. The van der Waals surface area contributed by atoms with E-state index in [1.165, 1.54) is 24.3 Å². The van der Waals surface area contributed by atoms with Gasteiger partial charge in [0.1, 0.15) is 6.54 Å². The molecule has 0 aliphatic rings. The minimum atomic E-state index is -4.73. The fourth-order valence-corrected chi connectivity index (χ4v) is 4.97. The highest BCUT2D eigenvalue weighted by molar-refractivity contribution is 7.92. The molecular formula is C24H22ClF3N2O3S. The van der Waals surface area contributed by atoms with Crippen LogP contribution in [-0.4, -0.2) is 27.4 Å². The molecule has 0 bridgehead atoms. The smallest absolute Gasteiger partial charge is 0.354 e. The number of nitrogens with one attached hydrogen (secondary N) is 1. The van der Waals surface area contributed by atoms with Gasteiger partial charge in [0.15, 0.2) is 0 Å². The molecule has 3 rings (SSSR count). The van der Waals surface area contributed by atoms with Crippen LogP contribution in [0.15, 0.2) is 83.8 Å². The van der Waals surface area contributed by atoms with Crippen LogP contribution in [-0.2, 0) is 21.0 Å². The van der Waals surface area contributed by atoms with E-state index in [9.17, 15) is 26.4 Å². The largest absolute Gasteiger partial charge is 0.416 e. The molecule has 0 fully saturated rings. The summed E-state index contributed by atoms with van der Waals surface area (Å²) in [7, 11) is -4.40. The first-order valence-corrected chi connectivity index (χ1v) is 12.1. The zero-order chi connectivity index (χ0) is 24.9. The SMILES string of the molecule is C[C@H](CNC(=O)CN(c1cc(C(F)(F)F)ccc1Cl)S(=O)(=O)c1ccccc1)c1ccccc1. The minimum absolute atomic E-state index is 0.0681. The van der Waals surface area contributed by atoms with Crippen LogP contribution in [0.3, 0.4) is 0 Å². The maximum Gasteiger partial charge on any atom is 0.416 e. The highest BCUT2D eigenvalue weighted by atomic mass is 35.5. The lowest BCUT2D eigenvalue weighted by atomic mass is 10.0. The summed E-state index contributed by atoms with van der Waals surface area (Å²) in [6.07, 6.45) is -4.73. The van der Waals surface area contributed by atoms with E-state index in [2.05, 4.69) is 5.32 Å². The van der Waals surface area contributed by atoms with E-state index in [-0.39, 0.29) is 22.4 Å². The van der Waals surface area contributed by atoms with Gasteiger partial charge in [0.05, 0.1) is 21.2 Å². The van der Waals surface area contributed by atoms with Crippen molar-refractivity contribution in [2.45, 2.75) is 23.9 Å². The van der Waals surface area contributed by atoms with Crippen LogP contribution in [0.4, 0.5) is 18.9 Å². The van der Waals surface area contributed by atoms with Gasteiger partial charge in [-0.25, -0.2) is 8.42 Å². The van der Waals surface area contributed by atoms with E-state index in [0.29, 0.717) is 10.4 Å². The number of carbonyl (C=O) groups is 1. The topological polar surface area (TPSA) is 66.5 Å². The Labute approximate surface area is 201 Å². The highest BCUT2D eigenvalue weighted by Crippen LogP contribution is 2.37. The van der Waals surface area contributed by atoms with Gasteiger partial charge in [-0.15, -0.1) is 0 Å². The second kappa shape index (κ2) is 10.5. The zero-order valence-electron chi connectivity index (χ0n) is 18.1. The molecule has 5 nitrogen and oxygen atoms in total. The fourth-order valence-electron chi connectivity index (χ4n) is 3.25. The lowest BCUT2D eigenvalue weighted by Gasteiger charge is -2.26. The summed E-state index contributed by atoms with van der Waals surface area (Å²) in [4.78, 5) is 12.6. The number of rotatable bonds is 8. The number of sulfonamides is 1. The lowest BCUT2D eigenvalue weighted by molar-refractivity contribution is -0.137. The molecule has 1 N–H and O–H groups in total. The minimum Gasteiger partial charge on any atom is -0.354 e. The van der Waals surface area contributed by atoms with Crippen LogP contribution in [0.1, 0.15) is 24.0 Å². The van der Waals surface area contributed by atoms with E-state index in [0.717, 1.165) is 17.7 Å². The average Bonchev–Trinajstić information content (AvgIpc) is 2.82. The van der Waals surface area contributed by atoms with Gasteiger partial charge in [-0.05, 0) is 41.8 Å². The molecule has 0 radical (unpaired) electrons. The van der Waals surface area contributed by atoms with Crippen molar-refractivity contribution in [3.8, 4) is 0 Å². The number of alkyl halides is 3. The summed E-state index contributed by atoms with van der Waals surface area (Å²) in [5.41, 5.74) is -0.553. The maximum absolute atomic E-state index is 13.3. The quantitative estimate of drug-likeness (QED) is 0.437. The third-order valence-corrected chi connectivity index (χ3v) is 7.23. The molecule has 1 amide bonds. The Hall–Kier alpha value is -3.04. The number of halogens is 4. The van der Waals surface area contributed by atoms with Crippen LogP contribution in [0.5, 0.6) is 0 Å². The molecule has 0 aromatic heterocycles. The Bertz CT molecular complexity index is 1240. The molecule has 0 aliphatic heterocycles. The summed E-state index contributed by atoms with van der Waals surface area (Å²) in [6.45, 7) is 1.34. The monoisotopic (exact) mass is 510 g/mol. The van der Waals surface area contributed by atoms with Crippen molar-refractivity contribution in [1.29, 1.82) is 0 Å². The van der Waals surface area contributed by atoms with Gasteiger partial charge in [-0.2, -0.15) is 13.2 Å². The standard InChI is InChI=1S/C24H22ClF3N2O3S/c1-17(18-8-4-2-5-9-18)15-29-23(31)16-30(34(32,33)20-10-6-3-7-11-20)22-14-19(24(26,27)28)12-13-21(22)25/h2-14,17H,15-16H2,1H3,(H,29,31)/t17-/m1/s1. The first kappa shape index (κ1) is 25.6. The second-order valence-electron chi connectivity index (χ2n) is 7.60. The third kappa shape index (κ3) is 6.09. The molecule has 10 heteroatoms. The number of carbonyl (C=O) groups excluding carboxylic acids is 1. The summed E-state index contributed by atoms with van der Waals surface area (Å²) >= 11 is 6.12. The first-order chi connectivity index (χ1) is 16.0. The third-order valence-electron chi connectivity index (χ3n) is 5.13. The number of hydrogen-bond donors (Lipinski definition) is 1. The Morgan fingerprint density at radius 3 is 2.18 bits per heavy atom. The normalized spacial score (nSPS) is 12.7. The second-order valence-corrected chi connectivity index (χ2v) is 9.87. The van der Waals surface area contributed by atoms with Crippen LogP contribution in [0.2, 0.25) is 5.02 Å². The van der Waals surface area contributed by atoms with Crippen molar-refractivity contribution in [2.24, 2.45) is 0 Å². The number of hydrogen-bond acceptors (Lipinski definition) is 3. The summed E-state index contributed by atoms with van der Waals surface area (Å²) in [5, 5.41) is 2.42. The van der Waals surface area contributed by atoms with Crippen LogP contribution in [0.25, 0.3) is 0 Å². The maximum atomic E-state index is 13.3. The molecule has 1 atom stereocenters. The van der Waals surface area contributed by atoms with E-state index in [1.54, 1.807) is 6.07 Å². The number of amides is 1. The lowest BCUT2D eigenvalue weighted by Crippen LogP contribution is -2.42. The van der Waals surface area contributed by atoms with Crippen molar-refractivity contribution >= 4 is 33.2 Å². The van der Waals surface area contributed by atoms with E-state index in [4.69, 9.17) is 11.6 Å². The zero-order valence-corrected chi connectivity index (χ0v) is 19.7. The van der Waals surface area contributed by atoms with Crippen molar-refractivity contribution in [1.82, 2.24) is 5.32 Å². The summed E-state index contributed by atoms with van der Waals surface area (Å²) in [5.74, 6) is -0.753. The van der Waals surface area contributed by atoms with Crippen molar-refractivity contribution in [3.63, 3.8) is 0 Å². The Morgan fingerprint density at radius 2 is 1.59 bits per heavy atom. The molecule has 0 spiro atoms. The average molecular weight is 511 g/mol. The molecule has 180 valence electrons. The first-order valence-electron chi connectivity index (χ1n) is 10.3. The Balaban J connectivity index is 1.93. The predicted molar refractivity (Wildman–Crippen MR) is 125 cm³/mol. The molecule has 3 aromatic rings. The van der Waals surface area contributed by atoms with Gasteiger partial charge < -0.3 is 5.32 Å². The predicted octanol–water partition coefficient (Wildman–Crippen LogP) is 5.47. The summed E-state index contributed by atoms with van der Waals surface area (Å²) in [6, 6.07) is 18.8. The molecule has 34 heavy (non-hydrogen) atoms. The summed E-state index contributed by atoms with van der Waals surface area (Å²) < 4.78 is 67.3. The molecular weight excluding hydrogens is 489 g/mol. The fraction of sp³-hybridized carbons (Fsp3) is 0.208. The van der Waals surface area contributed by atoms with Gasteiger partial charge in [0.25, 0.3) is 10.0 Å². The molecule has 0 unspecified atom stereocenters. The molecule has 0 heterocycles. The van der Waals surface area contributed by atoms with E-state index >= 15 is 0 Å². The van der Waals surface area contributed by atoms with E-state index < -0.39 is 39.9 Å². The van der Waals surface area contributed by atoms with Crippen molar-refractivity contribution in [2.75, 3.05) is 17.4 Å². The van der Waals surface area contributed by atoms with E-state index in [1.807, 2.05) is 37.3 Å². The molecule has 0 saturated carbocycles. The Kier molecular flexibility index (Phi) is 7.89. The molecule has 0 aliphatic carbocycles. The highest BCUT2D eigenvalue weighted by Gasteiger charge is 2.34. The van der Waals surface area contributed by atoms with Crippen LogP contribution < -0.4 is 9.62 Å². The Morgan fingerprint density at radius 1 is 1.00 bits per heavy atom. The van der Waals surface area contributed by atoms with Gasteiger partial charge in [0.2, 0.25) is 5.91 Å². The van der Waals surface area contributed by atoms with Crippen molar-refractivity contribution < 1.29 is 26.4 Å². The van der Waals surface area contributed by atoms with Crippen LogP contribution >= 0.6 is 11.6 Å². The van der Waals surface area contributed by atoms with Gasteiger partial charge in [-0.1, -0.05) is 67.1 Å². The van der Waals surface area contributed by atoms with Gasteiger partial charge >= 0.3 is 6.18 Å². The van der Waals surface area contributed by atoms with Crippen molar-refractivity contribution in [3.05, 3.63) is 95.0 Å².